The van der Waals surface area contributed by atoms with Crippen molar-refractivity contribution in [3.63, 3.8) is 0 Å². The van der Waals surface area contributed by atoms with Crippen molar-refractivity contribution in [3.05, 3.63) is 53.1 Å². The van der Waals surface area contributed by atoms with Crippen LogP contribution < -0.4 is 5.32 Å². The van der Waals surface area contributed by atoms with Crippen LogP contribution in [0.3, 0.4) is 0 Å². The van der Waals surface area contributed by atoms with E-state index in [0.29, 0.717) is 16.9 Å². The van der Waals surface area contributed by atoms with Crippen molar-refractivity contribution in [2.24, 2.45) is 0 Å². The minimum Gasteiger partial charge on any atom is -0.347 e. The summed E-state index contributed by atoms with van der Waals surface area (Å²) in [5.41, 5.74) is 2.20. The Bertz CT molecular complexity index is 1040. The SMILES string of the molecule is Cc1cc(C(=O)NC2CS(=O)(=O)CC2N2CCCC2)c(C)n1-c1ccccc1F. The lowest BCUT2D eigenvalue weighted by Gasteiger charge is -2.28. The van der Waals surface area contributed by atoms with Gasteiger partial charge in [0.05, 0.1) is 28.8 Å². The fourth-order valence-electron chi connectivity index (χ4n) is 4.64. The summed E-state index contributed by atoms with van der Waals surface area (Å²) in [5, 5.41) is 2.96. The van der Waals surface area contributed by atoms with Gasteiger partial charge in [-0.3, -0.25) is 9.69 Å². The number of aryl methyl sites for hydroxylation is 1. The number of benzene rings is 1. The minimum atomic E-state index is -3.18. The largest absolute Gasteiger partial charge is 0.347 e. The number of hydrogen-bond donors (Lipinski definition) is 1. The lowest BCUT2D eigenvalue weighted by atomic mass is 10.1. The Balaban J connectivity index is 1.60. The van der Waals surface area contributed by atoms with E-state index in [1.807, 2.05) is 6.92 Å². The number of aromatic nitrogens is 1. The Kier molecular flexibility index (Phi) is 5.25. The zero-order valence-electron chi connectivity index (χ0n) is 16.7. The highest BCUT2D eigenvalue weighted by molar-refractivity contribution is 7.91. The van der Waals surface area contributed by atoms with E-state index in [0.717, 1.165) is 31.6 Å². The van der Waals surface area contributed by atoms with Crippen molar-refractivity contribution in [2.45, 2.75) is 38.8 Å². The van der Waals surface area contributed by atoms with Gasteiger partial charge in [0.1, 0.15) is 5.82 Å². The first-order valence-electron chi connectivity index (χ1n) is 9.96. The zero-order valence-corrected chi connectivity index (χ0v) is 17.5. The number of sulfone groups is 1. The second kappa shape index (κ2) is 7.57. The highest BCUT2D eigenvalue weighted by Crippen LogP contribution is 2.25. The predicted octanol–water partition coefficient (Wildman–Crippen LogP) is 2.22. The molecule has 156 valence electrons. The number of carbonyl (C=O) groups is 1. The third-order valence-corrected chi connectivity index (χ3v) is 7.73. The molecule has 2 saturated heterocycles. The van der Waals surface area contributed by atoms with E-state index in [1.165, 1.54) is 6.07 Å². The van der Waals surface area contributed by atoms with Crippen LogP contribution in [0.25, 0.3) is 5.69 Å². The monoisotopic (exact) mass is 419 g/mol. The van der Waals surface area contributed by atoms with E-state index >= 15 is 0 Å². The van der Waals surface area contributed by atoms with Crippen molar-refractivity contribution in [2.75, 3.05) is 24.6 Å². The molecule has 29 heavy (non-hydrogen) atoms. The normalized spacial score (nSPS) is 24.1. The van der Waals surface area contributed by atoms with Crippen molar-refractivity contribution < 1.29 is 17.6 Å². The van der Waals surface area contributed by atoms with Crippen LogP contribution in [0.4, 0.5) is 4.39 Å². The number of hydrogen-bond acceptors (Lipinski definition) is 4. The summed E-state index contributed by atoms with van der Waals surface area (Å²) >= 11 is 0. The summed E-state index contributed by atoms with van der Waals surface area (Å²) in [7, 11) is -3.18. The van der Waals surface area contributed by atoms with Crippen molar-refractivity contribution >= 4 is 15.7 Å². The molecule has 4 rings (SSSR count). The average molecular weight is 420 g/mol. The molecule has 0 bridgehead atoms. The summed E-state index contributed by atoms with van der Waals surface area (Å²) < 4.78 is 40.5. The first-order valence-corrected chi connectivity index (χ1v) is 11.8. The number of halogens is 1. The number of amides is 1. The molecule has 0 aliphatic carbocycles. The van der Waals surface area contributed by atoms with E-state index in [-0.39, 0.29) is 29.3 Å². The number of likely N-dealkylation sites (tertiary alicyclic amines) is 1. The number of rotatable bonds is 4. The van der Waals surface area contributed by atoms with Crippen LogP contribution in [-0.4, -0.2) is 60.5 Å². The Hall–Kier alpha value is -2.19. The lowest BCUT2D eigenvalue weighted by Crippen LogP contribution is -2.50. The number of nitrogens with zero attached hydrogens (tertiary/aromatic N) is 2. The van der Waals surface area contributed by atoms with Crippen molar-refractivity contribution in [3.8, 4) is 5.69 Å². The van der Waals surface area contributed by atoms with Gasteiger partial charge in [-0.05, 0) is 58.0 Å². The molecule has 1 N–H and O–H groups in total. The molecule has 2 unspecified atom stereocenters. The van der Waals surface area contributed by atoms with Gasteiger partial charge in [0, 0.05) is 17.4 Å². The molecule has 3 heterocycles. The molecule has 8 heteroatoms. The van der Waals surface area contributed by atoms with Gasteiger partial charge in [-0.15, -0.1) is 0 Å². The summed E-state index contributed by atoms with van der Waals surface area (Å²) in [6.45, 7) is 5.34. The van der Waals surface area contributed by atoms with Crippen molar-refractivity contribution in [1.29, 1.82) is 0 Å². The zero-order chi connectivity index (χ0) is 20.8. The molecule has 2 aliphatic heterocycles. The average Bonchev–Trinajstić information content (AvgIpc) is 3.35. The number of nitrogens with one attached hydrogen (secondary N) is 1. The smallest absolute Gasteiger partial charge is 0.253 e. The molecule has 2 aromatic rings. The molecular formula is C21H26FN3O3S. The van der Waals surface area contributed by atoms with Crippen LogP contribution in [-0.2, 0) is 9.84 Å². The van der Waals surface area contributed by atoms with Crippen LogP contribution in [0, 0.1) is 19.7 Å². The van der Waals surface area contributed by atoms with Gasteiger partial charge in [0.15, 0.2) is 9.84 Å². The van der Waals surface area contributed by atoms with E-state index in [9.17, 15) is 17.6 Å². The summed E-state index contributed by atoms with van der Waals surface area (Å²) in [5.74, 6) is -0.623. The van der Waals surface area contributed by atoms with Gasteiger partial charge in [-0.1, -0.05) is 12.1 Å². The van der Waals surface area contributed by atoms with Crippen molar-refractivity contribution in [1.82, 2.24) is 14.8 Å². The molecule has 1 aromatic heterocycles. The summed E-state index contributed by atoms with van der Waals surface area (Å²) in [6.07, 6.45) is 2.11. The van der Waals surface area contributed by atoms with E-state index in [4.69, 9.17) is 0 Å². The van der Waals surface area contributed by atoms with Gasteiger partial charge in [-0.25, -0.2) is 12.8 Å². The van der Waals surface area contributed by atoms with Gasteiger partial charge in [0.2, 0.25) is 0 Å². The van der Waals surface area contributed by atoms with Crippen LogP contribution in [0.2, 0.25) is 0 Å². The molecule has 6 nitrogen and oxygen atoms in total. The fourth-order valence-corrected chi connectivity index (χ4v) is 6.59. The fraction of sp³-hybridized carbons (Fsp3) is 0.476. The Labute approximate surface area is 170 Å². The maximum Gasteiger partial charge on any atom is 0.253 e. The molecule has 2 fully saturated rings. The summed E-state index contributed by atoms with van der Waals surface area (Å²) in [6, 6.07) is 7.55. The van der Waals surface area contributed by atoms with Gasteiger partial charge < -0.3 is 9.88 Å². The molecular weight excluding hydrogens is 393 g/mol. The first-order chi connectivity index (χ1) is 13.8. The second-order valence-corrected chi connectivity index (χ2v) is 10.2. The number of para-hydroxylation sites is 1. The highest BCUT2D eigenvalue weighted by Gasteiger charge is 2.42. The molecule has 1 amide bonds. The Morgan fingerprint density at radius 2 is 1.83 bits per heavy atom. The van der Waals surface area contributed by atoms with E-state index < -0.39 is 15.9 Å². The first kappa shape index (κ1) is 20.1. The quantitative estimate of drug-likeness (QED) is 0.825. The molecule has 0 spiro atoms. The van der Waals surface area contributed by atoms with Gasteiger partial charge in [0.25, 0.3) is 5.91 Å². The summed E-state index contributed by atoms with van der Waals surface area (Å²) in [4.78, 5) is 15.2. The van der Waals surface area contributed by atoms with Crippen LogP contribution in [0.5, 0.6) is 0 Å². The highest BCUT2D eigenvalue weighted by atomic mass is 32.2. The Morgan fingerprint density at radius 1 is 1.14 bits per heavy atom. The van der Waals surface area contributed by atoms with Crippen LogP contribution >= 0.6 is 0 Å². The minimum absolute atomic E-state index is 0.0358. The number of carbonyl (C=O) groups excluding carboxylic acids is 1. The van der Waals surface area contributed by atoms with Gasteiger partial charge in [-0.2, -0.15) is 0 Å². The molecule has 2 atom stereocenters. The predicted molar refractivity (Wildman–Crippen MR) is 110 cm³/mol. The van der Waals surface area contributed by atoms with Gasteiger partial charge >= 0.3 is 0 Å². The van der Waals surface area contributed by atoms with E-state index in [2.05, 4.69) is 10.2 Å². The second-order valence-electron chi connectivity index (χ2n) is 8.04. The third kappa shape index (κ3) is 3.83. The molecule has 0 radical (unpaired) electrons. The molecule has 1 aromatic carbocycles. The maximum absolute atomic E-state index is 14.3. The van der Waals surface area contributed by atoms with Crippen LogP contribution in [0.15, 0.2) is 30.3 Å². The lowest BCUT2D eigenvalue weighted by molar-refractivity contribution is 0.0918. The molecule has 0 saturated carbocycles. The maximum atomic E-state index is 14.3. The Morgan fingerprint density at radius 3 is 2.52 bits per heavy atom. The topological polar surface area (TPSA) is 71.4 Å². The van der Waals surface area contributed by atoms with Crippen LogP contribution in [0.1, 0.15) is 34.6 Å². The van der Waals surface area contributed by atoms with E-state index in [1.54, 1.807) is 35.8 Å². The standard InChI is InChI=1S/C21H26FN3O3S/c1-14-11-16(15(2)25(14)19-8-4-3-7-17(19)22)21(26)23-18-12-29(27,28)13-20(18)24-9-5-6-10-24/h3-4,7-8,11,18,20H,5-6,9-10,12-13H2,1-2H3,(H,23,26). The molecule has 2 aliphatic rings. The third-order valence-electron chi connectivity index (χ3n) is 6.02.